The maximum atomic E-state index is 15.2. The molecule has 228 valence electrons. The normalized spacial score (nSPS) is 18.2. The topological polar surface area (TPSA) is 86.4 Å². The largest absolute Gasteiger partial charge is 0.356 e. The Bertz CT molecular complexity index is 1540. The van der Waals surface area contributed by atoms with Crippen molar-refractivity contribution in [3.63, 3.8) is 0 Å². The van der Waals surface area contributed by atoms with E-state index in [1.54, 1.807) is 17.8 Å². The summed E-state index contributed by atoms with van der Waals surface area (Å²) in [5.74, 6) is 3.00. The van der Waals surface area contributed by atoms with Gasteiger partial charge in [-0.2, -0.15) is 16.7 Å². The summed E-state index contributed by atoms with van der Waals surface area (Å²) in [6.45, 7) is 6.82. The van der Waals surface area contributed by atoms with Gasteiger partial charge in [0.2, 0.25) is 5.89 Å². The molecule has 0 amide bonds. The summed E-state index contributed by atoms with van der Waals surface area (Å²) >= 11 is 1.61. The van der Waals surface area contributed by atoms with E-state index in [1.165, 1.54) is 24.5 Å². The number of anilines is 1. The van der Waals surface area contributed by atoms with Gasteiger partial charge in [0, 0.05) is 54.0 Å². The van der Waals surface area contributed by atoms with Gasteiger partial charge in [-0.3, -0.25) is 0 Å². The molecule has 0 radical (unpaired) electrons. The zero-order valence-corrected chi connectivity index (χ0v) is 25.4. The summed E-state index contributed by atoms with van der Waals surface area (Å²) in [5.41, 5.74) is 2.31. The first-order valence-electron chi connectivity index (χ1n) is 15.1. The number of benzene rings is 2. The summed E-state index contributed by atoms with van der Waals surface area (Å²) in [6.07, 6.45) is 6.17. The van der Waals surface area contributed by atoms with Gasteiger partial charge in [-0.05, 0) is 61.4 Å². The fourth-order valence-electron chi connectivity index (χ4n) is 5.67. The molecule has 6 rings (SSSR count). The molecule has 2 aliphatic heterocycles. The number of fused-ring (bicyclic) bond motifs is 1. The van der Waals surface area contributed by atoms with Crippen LogP contribution in [-0.2, 0) is 15.2 Å². The van der Waals surface area contributed by atoms with Crippen molar-refractivity contribution >= 4 is 28.5 Å². The van der Waals surface area contributed by atoms with E-state index in [-0.39, 0.29) is 23.9 Å². The minimum Gasteiger partial charge on any atom is -0.356 e. The maximum absolute atomic E-state index is 15.2. The van der Waals surface area contributed by atoms with Gasteiger partial charge in [-0.1, -0.05) is 31.1 Å². The molecule has 11 heteroatoms. The van der Waals surface area contributed by atoms with E-state index in [1.807, 2.05) is 19.9 Å². The summed E-state index contributed by atoms with van der Waals surface area (Å²) in [5, 5.41) is 4.72. The van der Waals surface area contributed by atoms with Crippen LogP contribution in [0.3, 0.4) is 0 Å². The van der Waals surface area contributed by atoms with Crippen LogP contribution in [0, 0.1) is 11.6 Å². The van der Waals surface area contributed by atoms with Crippen LogP contribution in [0.2, 0.25) is 0 Å². The molecule has 4 aromatic rings. The highest BCUT2D eigenvalue weighted by molar-refractivity contribution is 7.98. The predicted molar refractivity (Wildman–Crippen MR) is 163 cm³/mol. The Labute approximate surface area is 254 Å². The maximum Gasteiger partial charge on any atom is 0.229 e. The molecule has 43 heavy (non-hydrogen) atoms. The van der Waals surface area contributed by atoms with Gasteiger partial charge in [0.1, 0.15) is 23.8 Å². The van der Waals surface area contributed by atoms with Crippen LogP contribution in [0.5, 0.6) is 0 Å². The van der Waals surface area contributed by atoms with Gasteiger partial charge < -0.3 is 18.9 Å². The number of hydrogen-bond acceptors (Lipinski definition) is 9. The van der Waals surface area contributed by atoms with E-state index >= 15 is 8.78 Å². The minimum absolute atomic E-state index is 0.114. The lowest BCUT2D eigenvalue weighted by Gasteiger charge is -2.32. The third kappa shape index (κ3) is 6.99. The van der Waals surface area contributed by atoms with Crippen molar-refractivity contribution in [2.45, 2.75) is 69.8 Å². The van der Waals surface area contributed by atoms with Crippen molar-refractivity contribution in [1.82, 2.24) is 20.1 Å². The van der Waals surface area contributed by atoms with Crippen molar-refractivity contribution in [3.8, 4) is 11.1 Å². The Kier molecular flexibility index (Phi) is 9.49. The van der Waals surface area contributed by atoms with E-state index < -0.39 is 5.82 Å². The van der Waals surface area contributed by atoms with E-state index in [0.717, 1.165) is 50.3 Å². The summed E-state index contributed by atoms with van der Waals surface area (Å²) in [4.78, 5) is 15.8. The number of hydrogen-bond donors (Lipinski definition) is 0. The summed E-state index contributed by atoms with van der Waals surface area (Å²) < 4.78 is 47.1. The first-order valence-corrected chi connectivity index (χ1v) is 16.2. The number of piperidine rings is 1. The molecule has 4 heterocycles. The average molecular weight is 610 g/mol. The molecule has 0 saturated carbocycles. The molecule has 0 aliphatic carbocycles. The zero-order chi connectivity index (χ0) is 29.8. The number of nitrogens with zero attached hydrogens (tertiary/aromatic N) is 5. The van der Waals surface area contributed by atoms with E-state index in [2.05, 4.69) is 25.0 Å². The SMILES string of the molecule is CC(C)c1noc(C2CCN(c3ncnc4c(-c5ccc(CSCCOC6CCCCO6)c(F)c5)cc(F)cc34)CC2)n1. The molecule has 2 aliphatic rings. The highest BCUT2D eigenvalue weighted by atomic mass is 32.2. The fraction of sp³-hybridized carbons (Fsp3) is 0.500. The Hall–Kier alpha value is -3.15. The standard InChI is InChI=1S/C32H37F2N5O3S/c1-20(2)30-37-32(42-38-30)21-8-10-39(11-9-21)31-26-17-24(33)16-25(29(26)35-19-36-31)22-6-7-23(27(34)15-22)18-43-14-13-41-28-5-3-4-12-40-28/h6-7,15-17,19-21,28H,3-5,8-14,18H2,1-2H3. The van der Waals surface area contributed by atoms with Crippen molar-refractivity contribution in [3.05, 3.63) is 65.6 Å². The lowest BCUT2D eigenvalue weighted by molar-refractivity contribution is -0.158. The summed E-state index contributed by atoms with van der Waals surface area (Å²) in [7, 11) is 0. The number of rotatable bonds is 10. The van der Waals surface area contributed by atoms with Crippen LogP contribution in [0.15, 0.2) is 41.2 Å². The molecule has 2 aromatic heterocycles. The van der Waals surface area contributed by atoms with Gasteiger partial charge in [0.25, 0.3) is 0 Å². The van der Waals surface area contributed by atoms with Crippen molar-refractivity contribution in [1.29, 1.82) is 0 Å². The van der Waals surface area contributed by atoms with Gasteiger partial charge in [0.15, 0.2) is 12.1 Å². The minimum atomic E-state index is -0.414. The molecular weight excluding hydrogens is 572 g/mol. The van der Waals surface area contributed by atoms with Gasteiger partial charge >= 0.3 is 0 Å². The van der Waals surface area contributed by atoms with Crippen LogP contribution >= 0.6 is 11.8 Å². The fourth-order valence-corrected chi connectivity index (χ4v) is 6.49. The molecule has 2 fully saturated rings. The van der Waals surface area contributed by atoms with Crippen molar-refractivity contribution in [2.75, 3.05) is 37.0 Å². The zero-order valence-electron chi connectivity index (χ0n) is 24.6. The molecule has 8 nitrogen and oxygen atoms in total. The van der Waals surface area contributed by atoms with Crippen LogP contribution < -0.4 is 4.90 Å². The smallest absolute Gasteiger partial charge is 0.229 e. The van der Waals surface area contributed by atoms with E-state index in [0.29, 0.717) is 64.8 Å². The van der Waals surface area contributed by atoms with Crippen molar-refractivity contribution < 1.29 is 22.8 Å². The molecule has 0 spiro atoms. The number of ether oxygens (including phenoxy) is 2. The quantitative estimate of drug-likeness (QED) is 0.173. The molecule has 0 N–H and O–H groups in total. The van der Waals surface area contributed by atoms with E-state index in [9.17, 15) is 0 Å². The number of aromatic nitrogens is 4. The molecule has 1 atom stereocenters. The monoisotopic (exact) mass is 609 g/mol. The molecule has 0 bridgehead atoms. The van der Waals surface area contributed by atoms with Crippen LogP contribution in [-0.4, -0.2) is 58.5 Å². The predicted octanol–water partition coefficient (Wildman–Crippen LogP) is 7.24. The number of thioether (sulfide) groups is 1. The average Bonchev–Trinajstić information content (AvgIpc) is 3.53. The first-order chi connectivity index (χ1) is 21.0. The Morgan fingerprint density at radius 1 is 1.07 bits per heavy atom. The highest BCUT2D eigenvalue weighted by Gasteiger charge is 2.27. The first kappa shape index (κ1) is 29.9. The van der Waals surface area contributed by atoms with Crippen LogP contribution in [0.1, 0.15) is 75.1 Å². The molecular formula is C32H37F2N5O3S. The van der Waals surface area contributed by atoms with Crippen molar-refractivity contribution in [2.24, 2.45) is 0 Å². The van der Waals surface area contributed by atoms with Gasteiger partial charge in [0.05, 0.1) is 12.1 Å². The number of halogens is 2. The Balaban J connectivity index is 1.13. The molecule has 1 unspecified atom stereocenters. The molecule has 2 saturated heterocycles. The molecule has 2 aromatic carbocycles. The second-order valence-electron chi connectivity index (χ2n) is 11.5. The lowest BCUT2D eigenvalue weighted by atomic mass is 9.96. The summed E-state index contributed by atoms with van der Waals surface area (Å²) in [6, 6.07) is 7.97. The second kappa shape index (κ2) is 13.7. The third-order valence-electron chi connectivity index (χ3n) is 8.09. The van der Waals surface area contributed by atoms with Crippen LogP contribution in [0.4, 0.5) is 14.6 Å². The van der Waals surface area contributed by atoms with Gasteiger partial charge in [-0.15, -0.1) is 0 Å². The second-order valence-corrected chi connectivity index (χ2v) is 12.6. The lowest BCUT2D eigenvalue weighted by Crippen LogP contribution is -2.33. The van der Waals surface area contributed by atoms with E-state index in [4.69, 9.17) is 14.0 Å². The van der Waals surface area contributed by atoms with Gasteiger partial charge in [-0.25, -0.2) is 18.7 Å². The highest BCUT2D eigenvalue weighted by Crippen LogP contribution is 2.36. The third-order valence-corrected chi connectivity index (χ3v) is 9.06. The Morgan fingerprint density at radius 3 is 2.67 bits per heavy atom. The Morgan fingerprint density at radius 2 is 1.93 bits per heavy atom. The van der Waals surface area contributed by atoms with Crippen LogP contribution in [0.25, 0.3) is 22.0 Å².